The van der Waals surface area contributed by atoms with Gasteiger partial charge in [0.25, 0.3) is 5.91 Å². The summed E-state index contributed by atoms with van der Waals surface area (Å²) in [6.45, 7) is 0.332. The fourth-order valence-corrected chi connectivity index (χ4v) is 1.83. The summed E-state index contributed by atoms with van der Waals surface area (Å²) in [5.74, 6) is 0.493. The van der Waals surface area contributed by atoms with Gasteiger partial charge in [0.05, 0.1) is 12.1 Å². The average Bonchev–Trinajstić information content (AvgIpc) is 3.05. The van der Waals surface area contributed by atoms with Crippen molar-refractivity contribution in [2.75, 3.05) is 0 Å². The Morgan fingerprint density at radius 1 is 1.33 bits per heavy atom. The summed E-state index contributed by atoms with van der Waals surface area (Å²) in [4.78, 5) is 19.0. The number of H-pyrrole nitrogens is 2. The minimum atomic E-state index is -0.135. The molecular weight excluding hydrogens is 230 g/mol. The number of carbonyl (C=O) groups excluding carboxylic acids is 1. The Morgan fingerprint density at radius 2 is 2.22 bits per heavy atom. The summed E-state index contributed by atoms with van der Waals surface area (Å²) in [5.41, 5.74) is 1.58. The first-order valence-corrected chi connectivity index (χ1v) is 5.53. The van der Waals surface area contributed by atoms with E-state index >= 15 is 0 Å². The van der Waals surface area contributed by atoms with Crippen LogP contribution in [0.25, 0.3) is 10.9 Å². The Kier molecular flexibility index (Phi) is 2.53. The van der Waals surface area contributed by atoms with Gasteiger partial charge in [0, 0.05) is 17.1 Å². The van der Waals surface area contributed by atoms with Gasteiger partial charge in [-0.2, -0.15) is 5.10 Å². The molecule has 6 nitrogen and oxygen atoms in total. The molecule has 0 saturated carbocycles. The van der Waals surface area contributed by atoms with E-state index in [0.29, 0.717) is 17.9 Å². The summed E-state index contributed by atoms with van der Waals surface area (Å²) in [6, 6.07) is 7.68. The molecule has 0 bridgehead atoms. The van der Waals surface area contributed by atoms with Crippen LogP contribution in [-0.2, 0) is 6.54 Å². The molecule has 0 spiro atoms. The molecule has 3 rings (SSSR count). The van der Waals surface area contributed by atoms with Gasteiger partial charge in [-0.1, -0.05) is 18.2 Å². The summed E-state index contributed by atoms with van der Waals surface area (Å²) in [7, 11) is 0. The third kappa shape index (κ3) is 1.84. The van der Waals surface area contributed by atoms with E-state index in [1.54, 1.807) is 6.20 Å². The molecule has 2 aromatic heterocycles. The molecule has 0 radical (unpaired) electrons. The Morgan fingerprint density at radius 3 is 3.06 bits per heavy atom. The van der Waals surface area contributed by atoms with Crippen LogP contribution in [0.1, 0.15) is 16.2 Å². The van der Waals surface area contributed by atoms with Crippen LogP contribution >= 0.6 is 0 Å². The third-order valence-electron chi connectivity index (χ3n) is 2.72. The number of para-hydroxylation sites is 1. The summed E-state index contributed by atoms with van der Waals surface area (Å²) >= 11 is 0. The Bertz CT molecular complexity index is 671. The Hall–Kier alpha value is -2.63. The Balaban J connectivity index is 1.80. The summed E-state index contributed by atoms with van der Waals surface area (Å²) in [6.07, 6.45) is 3.12. The monoisotopic (exact) mass is 241 g/mol. The molecule has 2 heterocycles. The number of amides is 1. The van der Waals surface area contributed by atoms with Crippen LogP contribution in [-0.4, -0.2) is 26.1 Å². The maximum atomic E-state index is 12.0. The fraction of sp³-hybridized carbons (Fsp3) is 0.0833. The van der Waals surface area contributed by atoms with Crippen molar-refractivity contribution >= 4 is 16.8 Å². The smallest absolute Gasteiger partial charge is 0.253 e. The van der Waals surface area contributed by atoms with E-state index in [0.717, 1.165) is 10.9 Å². The average molecular weight is 241 g/mol. The first-order valence-electron chi connectivity index (χ1n) is 5.53. The van der Waals surface area contributed by atoms with Gasteiger partial charge in [0.2, 0.25) is 0 Å². The lowest BCUT2D eigenvalue weighted by Gasteiger charge is -2.01. The third-order valence-corrected chi connectivity index (χ3v) is 2.72. The minimum absolute atomic E-state index is 0.135. The molecule has 3 aromatic rings. The van der Waals surface area contributed by atoms with Gasteiger partial charge < -0.3 is 10.3 Å². The molecular formula is C12H11N5O. The SMILES string of the molecule is O=C(NCc1ncn[nH]1)c1c[nH]c2ccccc12. The molecule has 0 atom stereocenters. The maximum absolute atomic E-state index is 12.0. The van der Waals surface area contributed by atoms with Crippen LogP contribution in [0, 0.1) is 0 Å². The van der Waals surface area contributed by atoms with Gasteiger partial charge in [-0.15, -0.1) is 0 Å². The van der Waals surface area contributed by atoms with Gasteiger partial charge >= 0.3 is 0 Å². The van der Waals surface area contributed by atoms with Crippen molar-refractivity contribution in [3.8, 4) is 0 Å². The number of rotatable bonds is 3. The topological polar surface area (TPSA) is 86.5 Å². The second-order valence-electron chi connectivity index (χ2n) is 3.86. The standard InChI is InChI=1S/C12H11N5O/c18-12(14-6-11-15-7-16-17-11)9-5-13-10-4-2-1-3-8(9)10/h1-5,7,13H,6H2,(H,14,18)(H,15,16,17). The minimum Gasteiger partial charge on any atom is -0.360 e. The molecule has 6 heteroatoms. The van der Waals surface area contributed by atoms with Crippen LogP contribution in [0.5, 0.6) is 0 Å². The lowest BCUT2D eigenvalue weighted by atomic mass is 10.1. The van der Waals surface area contributed by atoms with Gasteiger partial charge in [-0.25, -0.2) is 4.98 Å². The van der Waals surface area contributed by atoms with Gasteiger partial charge in [0.1, 0.15) is 12.2 Å². The van der Waals surface area contributed by atoms with E-state index in [4.69, 9.17) is 0 Å². The molecule has 1 aromatic carbocycles. The number of aromatic nitrogens is 4. The van der Waals surface area contributed by atoms with E-state index in [2.05, 4.69) is 25.5 Å². The van der Waals surface area contributed by atoms with Crippen molar-refractivity contribution in [2.45, 2.75) is 6.54 Å². The van der Waals surface area contributed by atoms with Crippen molar-refractivity contribution < 1.29 is 4.79 Å². The van der Waals surface area contributed by atoms with Gasteiger partial charge in [0.15, 0.2) is 0 Å². The van der Waals surface area contributed by atoms with Crippen LogP contribution in [0.4, 0.5) is 0 Å². The maximum Gasteiger partial charge on any atom is 0.253 e. The van der Waals surface area contributed by atoms with Crippen molar-refractivity contribution in [3.05, 3.63) is 48.2 Å². The second kappa shape index (κ2) is 4.33. The quantitative estimate of drug-likeness (QED) is 0.644. The predicted octanol–water partition coefficient (Wildman–Crippen LogP) is 1.22. The molecule has 0 aliphatic heterocycles. The number of nitrogens with zero attached hydrogens (tertiary/aromatic N) is 2. The van der Waals surface area contributed by atoms with Crippen LogP contribution in [0.2, 0.25) is 0 Å². The first-order chi connectivity index (χ1) is 8.84. The summed E-state index contributed by atoms with van der Waals surface area (Å²) < 4.78 is 0. The highest BCUT2D eigenvalue weighted by Crippen LogP contribution is 2.17. The number of aromatic amines is 2. The van der Waals surface area contributed by atoms with E-state index in [9.17, 15) is 4.79 Å². The van der Waals surface area contributed by atoms with Crippen LogP contribution in [0.3, 0.4) is 0 Å². The predicted molar refractivity (Wildman–Crippen MR) is 65.9 cm³/mol. The first kappa shape index (κ1) is 10.5. The molecule has 0 saturated heterocycles. The number of hydrogen-bond acceptors (Lipinski definition) is 3. The molecule has 1 amide bonds. The highest BCUT2D eigenvalue weighted by atomic mass is 16.1. The highest BCUT2D eigenvalue weighted by Gasteiger charge is 2.11. The molecule has 0 fully saturated rings. The zero-order valence-corrected chi connectivity index (χ0v) is 9.47. The van der Waals surface area contributed by atoms with Gasteiger partial charge in [-0.3, -0.25) is 9.89 Å². The molecule has 18 heavy (non-hydrogen) atoms. The largest absolute Gasteiger partial charge is 0.360 e. The van der Waals surface area contributed by atoms with E-state index in [-0.39, 0.29) is 5.91 Å². The van der Waals surface area contributed by atoms with Crippen molar-refractivity contribution in [2.24, 2.45) is 0 Å². The van der Waals surface area contributed by atoms with E-state index in [1.165, 1.54) is 6.33 Å². The van der Waals surface area contributed by atoms with E-state index in [1.807, 2.05) is 24.3 Å². The number of fused-ring (bicyclic) bond motifs is 1. The lowest BCUT2D eigenvalue weighted by Crippen LogP contribution is -2.23. The number of nitrogens with one attached hydrogen (secondary N) is 3. The van der Waals surface area contributed by atoms with Crippen molar-refractivity contribution in [3.63, 3.8) is 0 Å². The number of hydrogen-bond donors (Lipinski definition) is 3. The van der Waals surface area contributed by atoms with Crippen molar-refractivity contribution in [1.29, 1.82) is 0 Å². The van der Waals surface area contributed by atoms with Gasteiger partial charge in [-0.05, 0) is 6.07 Å². The molecule has 0 unspecified atom stereocenters. The van der Waals surface area contributed by atoms with Crippen LogP contribution in [0.15, 0.2) is 36.8 Å². The molecule has 0 aliphatic carbocycles. The molecule has 90 valence electrons. The molecule has 3 N–H and O–H groups in total. The van der Waals surface area contributed by atoms with Crippen LogP contribution < -0.4 is 5.32 Å². The summed E-state index contributed by atoms with van der Waals surface area (Å²) in [5, 5.41) is 10.1. The zero-order chi connectivity index (χ0) is 12.4. The molecule has 0 aliphatic rings. The Labute approximate surface area is 102 Å². The zero-order valence-electron chi connectivity index (χ0n) is 9.47. The normalized spacial score (nSPS) is 10.7. The lowest BCUT2D eigenvalue weighted by molar-refractivity contribution is 0.0951. The second-order valence-corrected chi connectivity index (χ2v) is 3.86. The number of benzene rings is 1. The van der Waals surface area contributed by atoms with E-state index < -0.39 is 0 Å². The highest BCUT2D eigenvalue weighted by molar-refractivity contribution is 6.06. The van der Waals surface area contributed by atoms with Crippen molar-refractivity contribution in [1.82, 2.24) is 25.5 Å². The number of carbonyl (C=O) groups is 1. The fourth-order valence-electron chi connectivity index (χ4n) is 1.83.